The SMILES string of the molecule is O=C(NNc1ncnc(Nc2ccccn2)c1[N+](=O)[O-])c1cccc(Cl)c1. The van der Waals surface area contributed by atoms with Gasteiger partial charge in [0.2, 0.25) is 11.6 Å². The summed E-state index contributed by atoms with van der Waals surface area (Å²) in [7, 11) is 0. The lowest BCUT2D eigenvalue weighted by Gasteiger charge is -2.10. The van der Waals surface area contributed by atoms with Crippen LogP contribution >= 0.6 is 11.6 Å². The molecule has 0 bridgehead atoms. The highest BCUT2D eigenvalue weighted by Crippen LogP contribution is 2.30. The van der Waals surface area contributed by atoms with Crippen molar-refractivity contribution >= 4 is 40.6 Å². The third-order valence-electron chi connectivity index (χ3n) is 3.30. The summed E-state index contributed by atoms with van der Waals surface area (Å²) < 4.78 is 0. The molecule has 11 heteroatoms. The van der Waals surface area contributed by atoms with Crippen molar-refractivity contribution in [3.05, 3.63) is 75.7 Å². The average Bonchev–Trinajstić information content (AvgIpc) is 2.66. The number of anilines is 3. The predicted molar refractivity (Wildman–Crippen MR) is 98.7 cm³/mol. The molecule has 2 aromatic heterocycles. The lowest BCUT2D eigenvalue weighted by Crippen LogP contribution is -2.30. The number of hydrogen-bond acceptors (Lipinski definition) is 8. The van der Waals surface area contributed by atoms with Crippen molar-refractivity contribution < 1.29 is 9.72 Å². The topological polar surface area (TPSA) is 135 Å². The number of rotatable bonds is 6. The van der Waals surface area contributed by atoms with Gasteiger partial charge in [-0.25, -0.2) is 15.0 Å². The Kier molecular flexibility index (Phi) is 5.38. The molecule has 0 fully saturated rings. The summed E-state index contributed by atoms with van der Waals surface area (Å²) >= 11 is 5.85. The summed E-state index contributed by atoms with van der Waals surface area (Å²) in [5, 5.41) is 14.6. The molecule has 0 saturated carbocycles. The number of carbonyl (C=O) groups is 1. The minimum absolute atomic E-state index is 0.0757. The zero-order valence-electron chi connectivity index (χ0n) is 13.6. The number of hydrogen-bond donors (Lipinski definition) is 3. The maximum Gasteiger partial charge on any atom is 0.355 e. The number of halogens is 1. The van der Waals surface area contributed by atoms with Crippen molar-refractivity contribution in [3.63, 3.8) is 0 Å². The molecule has 0 saturated heterocycles. The van der Waals surface area contributed by atoms with Gasteiger partial charge in [0.25, 0.3) is 5.91 Å². The molecule has 3 N–H and O–H groups in total. The van der Waals surface area contributed by atoms with Crippen molar-refractivity contribution in [2.24, 2.45) is 0 Å². The molecule has 0 radical (unpaired) electrons. The average molecular weight is 386 g/mol. The highest BCUT2D eigenvalue weighted by atomic mass is 35.5. The number of amides is 1. The van der Waals surface area contributed by atoms with Crippen LogP contribution in [0.5, 0.6) is 0 Å². The molecule has 2 heterocycles. The lowest BCUT2D eigenvalue weighted by atomic mass is 10.2. The molecule has 0 spiro atoms. The second kappa shape index (κ2) is 8.06. The molecule has 27 heavy (non-hydrogen) atoms. The van der Waals surface area contributed by atoms with Crippen molar-refractivity contribution in [1.82, 2.24) is 20.4 Å². The van der Waals surface area contributed by atoms with E-state index < -0.39 is 16.5 Å². The molecule has 10 nitrogen and oxygen atoms in total. The molecule has 0 aliphatic carbocycles. The van der Waals surface area contributed by atoms with Crippen molar-refractivity contribution in [2.45, 2.75) is 0 Å². The molecular weight excluding hydrogens is 374 g/mol. The predicted octanol–water partition coefficient (Wildman–Crippen LogP) is 2.93. The van der Waals surface area contributed by atoms with Crippen LogP contribution in [0.4, 0.5) is 23.1 Å². The maximum absolute atomic E-state index is 12.2. The van der Waals surface area contributed by atoms with Crippen LogP contribution in [0.1, 0.15) is 10.4 Å². The number of nitrogens with one attached hydrogen (secondary N) is 3. The Hall–Kier alpha value is -3.79. The van der Waals surface area contributed by atoms with Gasteiger partial charge in [0, 0.05) is 16.8 Å². The molecule has 136 valence electrons. The van der Waals surface area contributed by atoms with Crippen LogP contribution in [-0.2, 0) is 0 Å². The molecular formula is C16H12ClN7O3. The molecule has 0 unspecified atom stereocenters. The number of pyridine rings is 1. The van der Waals surface area contributed by atoms with E-state index >= 15 is 0 Å². The fraction of sp³-hybridized carbons (Fsp3) is 0. The second-order valence-electron chi connectivity index (χ2n) is 5.11. The van der Waals surface area contributed by atoms with Gasteiger partial charge in [0.15, 0.2) is 0 Å². The number of hydrazine groups is 1. The molecule has 3 rings (SSSR count). The van der Waals surface area contributed by atoms with E-state index in [1.165, 1.54) is 12.3 Å². The first kappa shape index (κ1) is 18.0. The van der Waals surface area contributed by atoms with Gasteiger partial charge < -0.3 is 5.32 Å². The third-order valence-corrected chi connectivity index (χ3v) is 3.53. The molecule has 1 amide bonds. The van der Waals surface area contributed by atoms with Gasteiger partial charge in [-0.05, 0) is 30.3 Å². The van der Waals surface area contributed by atoms with E-state index in [9.17, 15) is 14.9 Å². The van der Waals surface area contributed by atoms with Gasteiger partial charge >= 0.3 is 5.69 Å². The summed E-state index contributed by atoms with van der Waals surface area (Å²) in [5.74, 6) is -0.435. The molecule has 1 aromatic carbocycles. The van der Waals surface area contributed by atoms with Crippen molar-refractivity contribution in [3.8, 4) is 0 Å². The Labute approximate surface area is 157 Å². The van der Waals surface area contributed by atoms with E-state index in [0.29, 0.717) is 10.8 Å². The number of nitro groups is 1. The minimum Gasteiger partial charge on any atom is -0.319 e. The zero-order valence-corrected chi connectivity index (χ0v) is 14.3. The van der Waals surface area contributed by atoms with Crippen molar-refractivity contribution in [2.75, 3.05) is 10.7 Å². The summed E-state index contributed by atoms with van der Waals surface area (Å²) in [6, 6.07) is 11.3. The van der Waals surface area contributed by atoms with Crippen LogP contribution < -0.4 is 16.2 Å². The smallest absolute Gasteiger partial charge is 0.319 e. The van der Waals surface area contributed by atoms with Crippen LogP contribution in [0.3, 0.4) is 0 Å². The fourth-order valence-electron chi connectivity index (χ4n) is 2.11. The van der Waals surface area contributed by atoms with Gasteiger partial charge in [-0.15, -0.1) is 0 Å². The second-order valence-corrected chi connectivity index (χ2v) is 5.54. The van der Waals surface area contributed by atoms with Crippen LogP contribution in [0.15, 0.2) is 55.0 Å². The quantitative estimate of drug-likeness (QED) is 0.435. The highest BCUT2D eigenvalue weighted by Gasteiger charge is 2.24. The number of benzene rings is 1. The van der Waals surface area contributed by atoms with Crippen LogP contribution in [0, 0.1) is 10.1 Å². The number of carbonyl (C=O) groups excluding carboxylic acids is 1. The normalized spacial score (nSPS) is 10.1. The van der Waals surface area contributed by atoms with E-state index in [0.717, 1.165) is 6.33 Å². The summed E-state index contributed by atoms with van der Waals surface area (Å²) in [6.07, 6.45) is 2.64. The van der Waals surface area contributed by atoms with E-state index in [-0.39, 0.29) is 17.2 Å². The highest BCUT2D eigenvalue weighted by molar-refractivity contribution is 6.30. The molecule has 3 aromatic rings. The van der Waals surface area contributed by atoms with Crippen LogP contribution in [0.2, 0.25) is 5.02 Å². The third kappa shape index (κ3) is 4.44. The van der Waals surface area contributed by atoms with E-state index in [1.54, 1.807) is 36.4 Å². The van der Waals surface area contributed by atoms with Gasteiger partial charge in [-0.3, -0.25) is 25.8 Å². The summed E-state index contributed by atoms with van der Waals surface area (Å²) in [4.78, 5) is 34.7. The summed E-state index contributed by atoms with van der Waals surface area (Å²) in [6.45, 7) is 0. The fourth-order valence-corrected chi connectivity index (χ4v) is 2.30. The first-order valence-electron chi connectivity index (χ1n) is 7.54. The van der Waals surface area contributed by atoms with E-state index in [4.69, 9.17) is 11.6 Å². The number of aromatic nitrogens is 3. The number of nitrogens with zero attached hydrogens (tertiary/aromatic N) is 4. The van der Waals surface area contributed by atoms with Crippen LogP contribution in [0.25, 0.3) is 0 Å². The van der Waals surface area contributed by atoms with E-state index in [1.807, 2.05) is 0 Å². The maximum atomic E-state index is 12.2. The van der Waals surface area contributed by atoms with Gasteiger partial charge in [-0.1, -0.05) is 23.7 Å². The largest absolute Gasteiger partial charge is 0.355 e. The first-order valence-corrected chi connectivity index (χ1v) is 7.92. The molecule has 0 atom stereocenters. The summed E-state index contributed by atoms with van der Waals surface area (Å²) in [5.41, 5.74) is 4.61. The lowest BCUT2D eigenvalue weighted by molar-refractivity contribution is -0.383. The monoisotopic (exact) mass is 385 g/mol. The Morgan fingerprint density at radius 3 is 2.59 bits per heavy atom. The minimum atomic E-state index is -0.668. The first-order chi connectivity index (χ1) is 13.0. The standard InChI is InChI=1S/C16H12ClN7O3/c17-11-5-3-4-10(8-11)16(25)23-22-15-13(24(26)27)14(19-9-20-15)21-12-6-1-2-7-18-12/h1-9H,(H,23,25)(H2,18,19,20,21,22). The van der Waals surface area contributed by atoms with E-state index in [2.05, 4.69) is 31.1 Å². The van der Waals surface area contributed by atoms with Gasteiger partial charge in [0.1, 0.15) is 12.1 Å². The zero-order chi connectivity index (χ0) is 19.2. The van der Waals surface area contributed by atoms with Crippen molar-refractivity contribution in [1.29, 1.82) is 0 Å². The molecule has 0 aliphatic heterocycles. The Bertz CT molecular complexity index is 985. The Morgan fingerprint density at radius 2 is 1.89 bits per heavy atom. The Balaban J connectivity index is 1.82. The molecule has 0 aliphatic rings. The Morgan fingerprint density at radius 1 is 1.07 bits per heavy atom. The van der Waals surface area contributed by atoms with Crippen LogP contribution in [-0.4, -0.2) is 25.8 Å². The van der Waals surface area contributed by atoms with Gasteiger partial charge in [0.05, 0.1) is 4.92 Å². The van der Waals surface area contributed by atoms with Gasteiger partial charge in [-0.2, -0.15) is 0 Å².